The van der Waals surface area contributed by atoms with Crippen LogP contribution >= 0.6 is 0 Å². The van der Waals surface area contributed by atoms with Crippen LogP contribution in [0, 0.1) is 0 Å². The second kappa shape index (κ2) is 6.68. The summed E-state index contributed by atoms with van der Waals surface area (Å²) in [5, 5.41) is 0. The van der Waals surface area contributed by atoms with E-state index >= 15 is 0 Å². The molecule has 3 N–H and O–H groups in total. The van der Waals surface area contributed by atoms with Gasteiger partial charge in [0.25, 0.3) is 5.56 Å². The van der Waals surface area contributed by atoms with Gasteiger partial charge in [-0.1, -0.05) is 0 Å². The standard InChI is InChI=1S/C22H29N7O/c23-21-24-16(28-9-1-2-10-28)12-17(25-21)29-11-3-7-22(13-29)8-6-15-18(22)26-19(14-4-5-14)27-20(15)30/h12,14H,1-11,13H2,(H2,23,24,25)(H,26,27,30). The molecule has 158 valence electrons. The number of rotatable bonds is 3. The van der Waals surface area contributed by atoms with Gasteiger partial charge in [-0.2, -0.15) is 9.97 Å². The van der Waals surface area contributed by atoms with Crippen molar-refractivity contribution in [3.8, 4) is 0 Å². The molecule has 2 aromatic rings. The van der Waals surface area contributed by atoms with Crippen molar-refractivity contribution in [1.29, 1.82) is 0 Å². The molecule has 2 aromatic heterocycles. The first-order valence-electron chi connectivity index (χ1n) is 11.4. The third-order valence-electron chi connectivity index (χ3n) is 7.40. The molecule has 30 heavy (non-hydrogen) atoms. The number of aromatic amines is 1. The zero-order valence-corrected chi connectivity index (χ0v) is 17.4. The molecule has 6 rings (SSSR count). The quantitative estimate of drug-likeness (QED) is 0.803. The van der Waals surface area contributed by atoms with E-state index in [2.05, 4.69) is 30.8 Å². The molecule has 0 radical (unpaired) electrons. The molecule has 0 amide bonds. The minimum Gasteiger partial charge on any atom is -0.368 e. The molecular formula is C22H29N7O. The normalized spacial score (nSPS) is 25.9. The number of nitrogens with two attached hydrogens (primary N) is 1. The Hall–Kier alpha value is -2.64. The first-order valence-corrected chi connectivity index (χ1v) is 11.4. The summed E-state index contributed by atoms with van der Waals surface area (Å²) in [6.45, 7) is 3.86. The highest BCUT2D eigenvalue weighted by molar-refractivity contribution is 5.55. The van der Waals surface area contributed by atoms with E-state index in [-0.39, 0.29) is 11.0 Å². The summed E-state index contributed by atoms with van der Waals surface area (Å²) in [6, 6.07) is 2.09. The number of H-pyrrole nitrogens is 1. The van der Waals surface area contributed by atoms with Crippen molar-refractivity contribution in [3.05, 3.63) is 33.5 Å². The molecule has 1 saturated carbocycles. The molecule has 1 spiro atoms. The molecule has 1 unspecified atom stereocenters. The lowest BCUT2D eigenvalue weighted by Gasteiger charge is -2.41. The van der Waals surface area contributed by atoms with Crippen LogP contribution in [-0.4, -0.2) is 46.1 Å². The van der Waals surface area contributed by atoms with E-state index in [1.807, 2.05) is 0 Å². The summed E-state index contributed by atoms with van der Waals surface area (Å²) < 4.78 is 0. The molecule has 0 bridgehead atoms. The summed E-state index contributed by atoms with van der Waals surface area (Å²) in [5.41, 5.74) is 8.09. The van der Waals surface area contributed by atoms with Gasteiger partial charge in [0.15, 0.2) is 0 Å². The zero-order valence-electron chi connectivity index (χ0n) is 17.4. The lowest BCUT2D eigenvalue weighted by molar-refractivity contribution is 0.332. The second-order valence-electron chi connectivity index (χ2n) is 9.49. The van der Waals surface area contributed by atoms with E-state index in [9.17, 15) is 4.79 Å². The zero-order chi connectivity index (χ0) is 20.3. The van der Waals surface area contributed by atoms with Crippen LogP contribution in [0.1, 0.15) is 67.9 Å². The van der Waals surface area contributed by atoms with Crippen LogP contribution in [0.2, 0.25) is 0 Å². The largest absolute Gasteiger partial charge is 0.368 e. The van der Waals surface area contributed by atoms with Crippen LogP contribution in [-0.2, 0) is 11.8 Å². The minimum atomic E-state index is -0.0565. The smallest absolute Gasteiger partial charge is 0.254 e. The third kappa shape index (κ3) is 2.96. The number of anilines is 3. The summed E-state index contributed by atoms with van der Waals surface area (Å²) in [7, 11) is 0. The van der Waals surface area contributed by atoms with Crippen molar-refractivity contribution in [1.82, 2.24) is 19.9 Å². The van der Waals surface area contributed by atoms with Crippen LogP contribution in [0.5, 0.6) is 0 Å². The molecule has 3 fully saturated rings. The highest BCUT2D eigenvalue weighted by Gasteiger charge is 2.45. The third-order valence-corrected chi connectivity index (χ3v) is 7.40. The Kier molecular flexibility index (Phi) is 4.05. The van der Waals surface area contributed by atoms with Gasteiger partial charge in [-0.15, -0.1) is 0 Å². The maximum Gasteiger partial charge on any atom is 0.254 e. The van der Waals surface area contributed by atoms with E-state index in [1.54, 1.807) is 0 Å². The monoisotopic (exact) mass is 407 g/mol. The molecule has 2 saturated heterocycles. The van der Waals surface area contributed by atoms with E-state index < -0.39 is 0 Å². The van der Waals surface area contributed by atoms with E-state index in [1.165, 1.54) is 12.8 Å². The Balaban J connectivity index is 1.34. The average Bonchev–Trinajstić information content (AvgIpc) is 3.34. The van der Waals surface area contributed by atoms with Crippen molar-refractivity contribution >= 4 is 17.6 Å². The van der Waals surface area contributed by atoms with Gasteiger partial charge in [0, 0.05) is 49.1 Å². The van der Waals surface area contributed by atoms with Crippen LogP contribution in [0.4, 0.5) is 17.6 Å². The predicted molar refractivity (Wildman–Crippen MR) is 116 cm³/mol. The summed E-state index contributed by atoms with van der Waals surface area (Å²) in [5.74, 6) is 3.53. The van der Waals surface area contributed by atoms with Crippen molar-refractivity contribution in [3.63, 3.8) is 0 Å². The average molecular weight is 408 g/mol. The van der Waals surface area contributed by atoms with Gasteiger partial charge >= 0.3 is 0 Å². The number of hydrogen-bond acceptors (Lipinski definition) is 7. The van der Waals surface area contributed by atoms with Crippen LogP contribution < -0.4 is 21.1 Å². The highest BCUT2D eigenvalue weighted by atomic mass is 16.1. The topological polar surface area (TPSA) is 104 Å². The highest BCUT2D eigenvalue weighted by Crippen LogP contribution is 2.45. The molecule has 2 aliphatic heterocycles. The second-order valence-corrected chi connectivity index (χ2v) is 9.49. The lowest BCUT2D eigenvalue weighted by Crippen LogP contribution is -2.46. The maximum atomic E-state index is 12.7. The Bertz CT molecular complexity index is 1040. The number of nitrogens with one attached hydrogen (secondary N) is 1. The van der Waals surface area contributed by atoms with Gasteiger partial charge in [-0.05, 0) is 51.4 Å². The van der Waals surface area contributed by atoms with Crippen molar-refractivity contribution in [2.75, 3.05) is 41.7 Å². The molecule has 2 aliphatic carbocycles. The van der Waals surface area contributed by atoms with Crippen molar-refractivity contribution < 1.29 is 0 Å². The Labute approximate surface area is 175 Å². The van der Waals surface area contributed by atoms with Gasteiger partial charge in [-0.25, -0.2) is 4.98 Å². The van der Waals surface area contributed by atoms with Crippen molar-refractivity contribution in [2.45, 2.75) is 62.7 Å². The van der Waals surface area contributed by atoms with E-state index in [0.717, 1.165) is 93.4 Å². The van der Waals surface area contributed by atoms with Gasteiger partial charge in [-0.3, -0.25) is 4.79 Å². The minimum absolute atomic E-state index is 0.0565. The Morgan fingerprint density at radius 3 is 2.50 bits per heavy atom. The molecule has 0 aromatic carbocycles. The van der Waals surface area contributed by atoms with Crippen LogP contribution in [0.25, 0.3) is 0 Å². The molecule has 4 aliphatic rings. The molecular weight excluding hydrogens is 378 g/mol. The maximum absolute atomic E-state index is 12.7. The first kappa shape index (κ1) is 18.2. The number of nitrogens with zero attached hydrogens (tertiary/aromatic N) is 5. The predicted octanol–water partition coefficient (Wildman–Crippen LogP) is 2.10. The SMILES string of the molecule is Nc1nc(N2CCCC2)cc(N2CCCC3(CCc4c3nc(C3CC3)[nH]c4=O)C2)n1. The Morgan fingerprint density at radius 2 is 1.73 bits per heavy atom. The summed E-state index contributed by atoms with van der Waals surface area (Å²) in [6.07, 6.45) is 8.63. The first-order chi connectivity index (χ1) is 14.6. The van der Waals surface area contributed by atoms with Gasteiger partial charge in [0.05, 0.1) is 5.69 Å². The molecule has 8 heteroatoms. The Morgan fingerprint density at radius 1 is 1.00 bits per heavy atom. The fourth-order valence-corrected chi connectivity index (χ4v) is 5.65. The number of fused-ring (bicyclic) bond motifs is 2. The number of nitrogen functional groups attached to an aromatic ring is 1. The van der Waals surface area contributed by atoms with Gasteiger partial charge in [0.1, 0.15) is 17.5 Å². The molecule has 4 heterocycles. The lowest BCUT2D eigenvalue weighted by atomic mass is 9.77. The van der Waals surface area contributed by atoms with Crippen LogP contribution in [0.3, 0.4) is 0 Å². The van der Waals surface area contributed by atoms with Crippen molar-refractivity contribution in [2.24, 2.45) is 0 Å². The molecule has 1 atom stereocenters. The van der Waals surface area contributed by atoms with E-state index in [0.29, 0.717) is 11.9 Å². The van der Waals surface area contributed by atoms with E-state index in [4.69, 9.17) is 10.7 Å². The van der Waals surface area contributed by atoms with Crippen LogP contribution in [0.15, 0.2) is 10.9 Å². The molecule has 8 nitrogen and oxygen atoms in total. The number of hydrogen-bond donors (Lipinski definition) is 2. The number of aromatic nitrogens is 4. The number of piperidine rings is 1. The fraction of sp³-hybridized carbons (Fsp3) is 0.636. The summed E-state index contributed by atoms with van der Waals surface area (Å²) in [4.78, 5) is 34.5. The summed E-state index contributed by atoms with van der Waals surface area (Å²) >= 11 is 0. The fourth-order valence-electron chi connectivity index (χ4n) is 5.65. The van der Waals surface area contributed by atoms with Gasteiger partial charge in [0.2, 0.25) is 5.95 Å². The van der Waals surface area contributed by atoms with Gasteiger partial charge < -0.3 is 20.5 Å².